The molecule has 2 rings (SSSR count). The molecule has 0 aliphatic rings. The van der Waals surface area contributed by atoms with Crippen molar-refractivity contribution in [3.8, 4) is 6.07 Å². The van der Waals surface area contributed by atoms with Crippen LogP contribution in [0.1, 0.15) is 5.56 Å². The summed E-state index contributed by atoms with van der Waals surface area (Å²) >= 11 is 1.45. The van der Waals surface area contributed by atoms with Gasteiger partial charge in [0.25, 0.3) is 0 Å². The predicted molar refractivity (Wildman–Crippen MR) is 53.3 cm³/mol. The molecule has 0 saturated heterocycles. The van der Waals surface area contributed by atoms with Gasteiger partial charge in [-0.3, -0.25) is 0 Å². The van der Waals surface area contributed by atoms with Gasteiger partial charge >= 0.3 is 0 Å². The average Bonchev–Trinajstić information content (AvgIpc) is 2.44. The zero-order valence-electron chi connectivity index (χ0n) is 6.82. The Morgan fingerprint density at radius 1 is 1.54 bits per heavy atom. The third kappa shape index (κ3) is 1.46. The predicted octanol–water partition coefficient (Wildman–Crippen LogP) is 1.94. The van der Waals surface area contributed by atoms with Gasteiger partial charge in [0.15, 0.2) is 5.13 Å². The minimum absolute atomic E-state index is 0.438. The molecular formula is C9H7N3S. The van der Waals surface area contributed by atoms with Gasteiger partial charge in [0, 0.05) is 0 Å². The van der Waals surface area contributed by atoms with E-state index in [1.807, 2.05) is 18.2 Å². The number of rotatable bonds is 1. The molecule has 0 atom stereocenters. The Labute approximate surface area is 79.4 Å². The molecule has 0 radical (unpaired) electrons. The molecule has 13 heavy (non-hydrogen) atoms. The summed E-state index contributed by atoms with van der Waals surface area (Å²) < 4.78 is 1.05. The number of thiazole rings is 1. The van der Waals surface area contributed by atoms with Crippen molar-refractivity contribution in [3.05, 3.63) is 23.8 Å². The fourth-order valence-corrected chi connectivity index (χ4v) is 1.99. The van der Waals surface area contributed by atoms with Gasteiger partial charge in [-0.25, -0.2) is 4.98 Å². The second-order valence-electron chi connectivity index (χ2n) is 2.69. The summed E-state index contributed by atoms with van der Waals surface area (Å²) in [5.74, 6) is 0. The molecule has 0 aliphatic carbocycles. The first kappa shape index (κ1) is 8.02. The fraction of sp³-hybridized carbons (Fsp3) is 0.111. The molecule has 0 saturated carbocycles. The topological polar surface area (TPSA) is 62.7 Å². The van der Waals surface area contributed by atoms with E-state index in [0.29, 0.717) is 11.6 Å². The van der Waals surface area contributed by atoms with E-state index < -0.39 is 0 Å². The standard InChI is InChI=1S/C9H7N3S/c10-4-3-6-1-2-7-8(5-6)13-9(11)12-7/h1-2,5H,3H2,(H2,11,12). The molecule has 2 N–H and O–H groups in total. The number of anilines is 1. The highest BCUT2D eigenvalue weighted by molar-refractivity contribution is 7.22. The minimum atomic E-state index is 0.438. The second-order valence-corrected chi connectivity index (χ2v) is 3.75. The lowest BCUT2D eigenvalue weighted by molar-refractivity contribution is 1.27. The van der Waals surface area contributed by atoms with E-state index in [2.05, 4.69) is 11.1 Å². The smallest absolute Gasteiger partial charge is 0.181 e. The Balaban J connectivity index is 2.56. The van der Waals surface area contributed by atoms with Crippen LogP contribution in [0.5, 0.6) is 0 Å². The number of hydrogen-bond acceptors (Lipinski definition) is 4. The van der Waals surface area contributed by atoms with E-state index in [-0.39, 0.29) is 0 Å². The van der Waals surface area contributed by atoms with Crippen LogP contribution in [0.15, 0.2) is 18.2 Å². The molecule has 0 spiro atoms. The molecule has 2 aromatic rings. The maximum Gasteiger partial charge on any atom is 0.181 e. The largest absolute Gasteiger partial charge is 0.375 e. The van der Waals surface area contributed by atoms with Crippen LogP contribution in [0.4, 0.5) is 5.13 Å². The van der Waals surface area contributed by atoms with Crippen LogP contribution in [0.3, 0.4) is 0 Å². The number of fused-ring (bicyclic) bond motifs is 1. The van der Waals surface area contributed by atoms with Gasteiger partial charge in [-0.2, -0.15) is 5.26 Å². The Bertz CT molecular complexity index is 481. The Hall–Kier alpha value is -1.60. The van der Waals surface area contributed by atoms with Crippen LogP contribution in [-0.4, -0.2) is 4.98 Å². The first-order valence-electron chi connectivity index (χ1n) is 3.81. The molecule has 0 amide bonds. The molecule has 1 aromatic carbocycles. The van der Waals surface area contributed by atoms with Gasteiger partial charge < -0.3 is 5.73 Å². The highest BCUT2D eigenvalue weighted by Crippen LogP contribution is 2.24. The Kier molecular flexibility index (Phi) is 1.87. The molecule has 3 nitrogen and oxygen atoms in total. The van der Waals surface area contributed by atoms with E-state index in [1.54, 1.807) is 0 Å². The molecule has 0 aliphatic heterocycles. The van der Waals surface area contributed by atoms with Crippen molar-refractivity contribution in [1.29, 1.82) is 5.26 Å². The zero-order valence-corrected chi connectivity index (χ0v) is 7.64. The van der Waals surface area contributed by atoms with Crippen LogP contribution >= 0.6 is 11.3 Å². The SMILES string of the molecule is N#CCc1ccc2nc(N)sc2c1. The van der Waals surface area contributed by atoms with E-state index in [1.165, 1.54) is 11.3 Å². The fourth-order valence-electron chi connectivity index (χ4n) is 1.19. The molecule has 0 fully saturated rings. The lowest BCUT2D eigenvalue weighted by Crippen LogP contribution is -1.80. The van der Waals surface area contributed by atoms with Crippen LogP contribution in [0.2, 0.25) is 0 Å². The molecule has 1 heterocycles. The first-order chi connectivity index (χ1) is 6.29. The van der Waals surface area contributed by atoms with Crippen molar-refractivity contribution >= 4 is 26.7 Å². The maximum absolute atomic E-state index is 8.51. The monoisotopic (exact) mass is 189 g/mol. The van der Waals surface area contributed by atoms with Gasteiger partial charge in [0.05, 0.1) is 22.7 Å². The van der Waals surface area contributed by atoms with Gasteiger partial charge in [-0.1, -0.05) is 17.4 Å². The van der Waals surface area contributed by atoms with Gasteiger partial charge in [0.2, 0.25) is 0 Å². The summed E-state index contributed by atoms with van der Waals surface area (Å²) in [6.45, 7) is 0. The van der Waals surface area contributed by atoms with Crippen LogP contribution < -0.4 is 5.73 Å². The number of aromatic nitrogens is 1. The number of hydrogen-bond donors (Lipinski definition) is 1. The van der Waals surface area contributed by atoms with Crippen LogP contribution in [0.25, 0.3) is 10.2 Å². The Morgan fingerprint density at radius 3 is 3.15 bits per heavy atom. The molecule has 0 bridgehead atoms. The normalized spacial score (nSPS) is 10.1. The molecular weight excluding hydrogens is 182 g/mol. The minimum Gasteiger partial charge on any atom is -0.375 e. The quantitative estimate of drug-likeness (QED) is 0.745. The molecule has 4 heteroatoms. The average molecular weight is 189 g/mol. The molecule has 64 valence electrons. The first-order valence-corrected chi connectivity index (χ1v) is 4.63. The third-order valence-electron chi connectivity index (χ3n) is 1.75. The van der Waals surface area contributed by atoms with Crippen molar-refractivity contribution in [2.75, 3.05) is 5.73 Å². The van der Waals surface area contributed by atoms with Crippen molar-refractivity contribution in [3.63, 3.8) is 0 Å². The van der Waals surface area contributed by atoms with Crippen molar-refractivity contribution in [2.45, 2.75) is 6.42 Å². The summed E-state index contributed by atoms with van der Waals surface area (Å²) in [5, 5.41) is 9.08. The zero-order chi connectivity index (χ0) is 9.26. The van der Waals surface area contributed by atoms with E-state index in [4.69, 9.17) is 11.0 Å². The van der Waals surface area contributed by atoms with Gasteiger partial charge in [-0.05, 0) is 17.7 Å². The summed E-state index contributed by atoms with van der Waals surface area (Å²) in [5.41, 5.74) is 7.48. The summed E-state index contributed by atoms with van der Waals surface area (Å²) in [4.78, 5) is 4.13. The van der Waals surface area contributed by atoms with Crippen molar-refractivity contribution in [1.82, 2.24) is 4.98 Å². The number of nitrogens with two attached hydrogens (primary N) is 1. The van der Waals surface area contributed by atoms with Crippen LogP contribution in [0, 0.1) is 11.3 Å². The van der Waals surface area contributed by atoms with Crippen molar-refractivity contribution in [2.24, 2.45) is 0 Å². The molecule has 1 aromatic heterocycles. The maximum atomic E-state index is 8.51. The number of nitriles is 1. The van der Waals surface area contributed by atoms with E-state index in [0.717, 1.165) is 15.8 Å². The molecule has 0 unspecified atom stereocenters. The number of benzene rings is 1. The van der Waals surface area contributed by atoms with E-state index >= 15 is 0 Å². The van der Waals surface area contributed by atoms with Gasteiger partial charge in [0.1, 0.15) is 0 Å². The lowest BCUT2D eigenvalue weighted by atomic mass is 10.2. The lowest BCUT2D eigenvalue weighted by Gasteiger charge is -1.92. The summed E-state index contributed by atoms with van der Waals surface area (Å²) in [6, 6.07) is 7.88. The third-order valence-corrected chi connectivity index (χ3v) is 2.60. The highest BCUT2D eigenvalue weighted by Gasteiger charge is 2.01. The highest BCUT2D eigenvalue weighted by atomic mass is 32.1. The van der Waals surface area contributed by atoms with E-state index in [9.17, 15) is 0 Å². The van der Waals surface area contributed by atoms with Crippen molar-refractivity contribution < 1.29 is 0 Å². The number of nitrogens with zero attached hydrogens (tertiary/aromatic N) is 2. The second kappa shape index (κ2) is 3.04. The summed E-state index contributed by atoms with van der Waals surface area (Å²) in [7, 11) is 0. The van der Waals surface area contributed by atoms with Crippen LogP contribution in [-0.2, 0) is 6.42 Å². The number of nitrogen functional groups attached to an aromatic ring is 1. The Morgan fingerprint density at radius 2 is 2.38 bits per heavy atom. The van der Waals surface area contributed by atoms with Gasteiger partial charge in [-0.15, -0.1) is 0 Å². The summed E-state index contributed by atoms with van der Waals surface area (Å²) in [6.07, 6.45) is 0.438.